The Balaban J connectivity index is 1.34. The monoisotopic (exact) mass is 407 g/mol. The molecule has 0 radical (unpaired) electrons. The van der Waals surface area contributed by atoms with E-state index >= 15 is 0 Å². The van der Waals surface area contributed by atoms with Gasteiger partial charge in [-0.15, -0.1) is 0 Å². The van der Waals surface area contributed by atoms with Crippen molar-refractivity contribution in [1.29, 1.82) is 0 Å². The second-order valence-corrected chi connectivity index (χ2v) is 7.43. The number of nitrogens with one attached hydrogen (secondary N) is 2. The van der Waals surface area contributed by atoms with Crippen LogP contribution in [0, 0.1) is 0 Å². The maximum absolute atomic E-state index is 12.2. The number of ether oxygens (including phenoxy) is 1. The summed E-state index contributed by atoms with van der Waals surface area (Å²) < 4.78 is 5.28. The summed E-state index contributed by atoms with van der Waals surface area (Å²) in [5, 5.41) is 5.66. The second kappa shape index (κ2) is 11.2. The zero-order chi connectivity index (χ0) is 21.2. The van der Waals surface area contributed by atoms with Crippen molar-refractivity contribution >= 4 is 17.9 Å². The Kier molecular flexibility index (Phi) is 8.03. The minimum absolute atomic E-state index is 0.0119. The first-order chi connectivity index (χ1) is 14.6. The van der Waals surface area contributed by atoms with E-state index in [2.05, 4.69) is 27.7 Å². The maximum atomic E-state index is 12.2. The molecule has 0 unspecified atom stereocenters. The lowest BCUT2D eigenvalue weighted by Gasteiger charge is -2.32. The summed E-state index contributed by atoms with van der Waals surface area (Å²) in [7, 11) is 1.68. The minimum Gasteiger partial charge on any atom is -0.497 e. The molecule has 2 aromatic rings. The van der Waals surface area contributed by atoms with Crippen molar-refractivity contribution in [3.63, 3.8) is 0 Å². The first-order valence-electron chi connectivity index (χ1n) is 10.3. The molecule has 2 amide bonds. The summed E-state index contributed by atoms with van der Waals surface area (Å²) in [4.78, 5) is 26.4. The Morgan fingerprint density at radius 3 is 2.60 bits per heavy atom. The molecule has 0 aromatic heterocycles. The molecule has 6 heteroatoms. The fraction of sp³-hybridized carbons (Fsp3) is 0.333. The molecule has 2 aromatic carbocycles. The van der Waals surface area contributed by atoms with Gasteiger partial charge < -0.3 is 15.4 Å². The molecule has 0 atom stereocenters. The summed E-state index contributed by atoms with van der Waals surface area (Å²) in [6.07, 6.45) is 4.97. The van der Waals surface area contributed by atoms with E-state index in [0.29, 0.717) is 0 Å². The molecule has 2 N–H and O–H groups in total. The van der Waals surface area contributed by atoms with Crippen molar-refractivity contribution < 1.29 is 14.3 Å². The first-order valence-corrected chi connectivity index (χ1v) is 10.3. The fourth-order valence-corrected chi connectivity index (χ4v) is 3.51. The van der Waals surface area contributed by atoms with Gasteiger partial charge in [0.1, 0.15) is 5.75 Å². The molecule has 1 heterocycles. The molecule has 3 rings (SSSR count). The number of hydrogen-bond donors (Lipinski definition) is 2. The van der Waals surface area contributed by atoms with Gasteiger partial charge in [0.2, 0.25) is 11.8 Å². The van der Waals surface area contributed by atoms with Gasteiger partial charge in [0.25, 0.3) is 0 Å². The molecular weight excluding hydrogens is 378 g/mol. The van der Waals surface area contributed by atoms with E-state index in [4.69, 9.17) is 4.74 Å². The van der Waals surface area contributed by atoms with Gasteiger partial charge in [-0.25, -0.2) is 0 Å². The van der Waals surface area contributed by atoms with E-state index in [9.17, 15) is 9.59 Å². The Labute approximate surface area is 177 Å². The summed E-state index contributed by atoms with van der Waals surface area (Å²) in [6.45, 7) is 2.71. The summed E-state index contributed by atoms with van der Waals surface area (Å²) in [5.74, 6) is 0.445. The molecule has 1 aliphatic rings. The van der Waals surface area contributed by atoms with Crippen LogP contribution in [0.5, 0.6) is 5.75 Å². The average Bonchev–Trinajstić information content (AvgIpc) is 2.78. The molecule has 1 fully saturated rings. The Hall–Kier alpha value is -3.12. The van der Waals surface area contributed by atoms with Crippen molar-refractivity contribution in [3.05, 3.63) is 71.8 Å². The van der Waals surface area contributed by atoms with E-state index < -0.39 is 0 Å². The predicted molar refractivity (Wildman–Crippen MR) is 118 cm³/mol. The highest BCUT2D eigenvalue weighted by Crippen LogP contribution is 2.17. The Morgan fingerprint density at radius 2 is 1.87 bits per heavy atom. The van der Waals surface area contributed by atoms with Crippen molar-refractivity contribution in [2.45, 2.75) is 25.4 Å². The zero-order valence-electron chi connectivity index (χ0n) is 17.3. The second-order valence-electron chi connectivity index (χ2n) is 7.43. The molecule has 0 saturated carbocycles. The van der Waals surface area contributed by atoms with Gasteiger partial charge in [0.05, 0.1) is 13.7 Å². The lowest BCUT2D eigenvalue weighted by atomic mass is 10.0. The topological polar surface area (TPSA) is 70.7 Å². The van der Waals surface area contributed by atoms with Crippen LogP contribution in [-0.2, 0) is 16.1 Å². The number of nitrogens with zero attached hydrogens (tertiary/aromatic N) is 1. The number of carbonyl (C=O) groups excluding carboxylic acids is 2. The lowest BCUT2D eigenvalue weighted by Crippen LogP contribution is -2.47. The van der Waals surface area contributed by atoms with Gasteiger partial charge in [0.15, 0.2) is 0 Å². The normalized spacial score (nSPS) is 15.1. The highest BCUT2D eigenvalue weighted by atomic mass is 16.5. The Bertz CT molecular complexity index is 859. The standard InChI is InChI=1S/C24H29N3O3/c1-30-22-9-5-8-20(16-22)18-27-14-12-21(13-15-27)26-24(29)17-25-23(28)11-10-19-6-3-2-4-7-19/h2-11,16,21H,12-15,17-18H2,1H3,(H,25,28)(H,26,29)/b11-10+. The predicted octanol–water partition coefficient (Wildman–Crippen LogP) is 2.61. The van der Waals surface area contributed by atoms with Crippen LogP contribution in [0.3, 0.4) is 0 Å². The van der Waals surface area contributed by atoms with E-state index in [-0.39, 0.29) is 24.4 Å². The highest BCUT2D eigenvalue weighted by Gasteiger charge is 2.20. The van der Waals surface area contributed by atoms with Crippen LogP contribution >= 0.6 is 0 Å². The summed E-state index contributed by atoms with van der Waals surface area (Å²) in [5.41, 5.74) is 2.17. The van der Waals surface area contributed by atoms with Crippen LogP contribution in [0.15, 0.2) is 60.7 Å². The molecule has 0 bridgehead atoms. The fourth-order valence-electron chi connectivity index (χ4n) is 3.51. The van der Waals surface area contributed by atoms with Crippen LogP contribution in [0.1, 0.15) is 24.0 Å². The van der Waals surface area contributed by atoms with Gasteiger partial charge >= 0.3 is 0 Å². The van der Waals surface area contributed by atoms with Crippen molar-refractivity contribution in [3.8, 4) is 5.75 Å². The van der Waals surface area contributed by atoms with Crippen LogP contribution in [0.4, 0.5) is 0 Å². The molecule has 30 heavy (non-hydrogen) atoms. The SMILES string of the molecule is COc1cccc(CN2CCC(NC(=O)CNC(=O)/C=C/c3ccccc3)CC2)c1. The summed E-state index contributed by atoms with van der Waals surface area (Å²) >= 11 is 0. The summed E-state index contributed by atoms with van der Waals surface area (Å²) in [6, 6.07) is 17.8. The van der Waals surface area contributed by atoms with Crippen LogP contribution < -0.4 is 15.4 Å². The maximum Gasteiger partial charge on any atom is 0.244 e. The van der Waals surface area contributed by atoms with E-state index in [1.807, 2.05) is 42.5 Å². The van der Waals surface area contributed by atoms with E-state index in [1.165, 1.54) is 11.6 Å². The molecule has 0 aliphatic carbocycles. The molecule has 1 aliphatic heterocycles. The van der Waals surface area contributed by atoms with E-state index in [0.717, 1.165) is 43.8 Å². The zero-order valence-corrected chi connectivity index (χ0v) is 17.3. The number of amides is 2. The quantitative estimate of drug-likeness (QED) is 0.660. The van der Waals surface area contributed by atoms with Crippen LogP contribution in [0.2, 0.25) is 0 Å². The minimum atomic E-state index is -0.276. The molecule has 1 saturated heterocycles. The third kappa shape index (κ3) is 7.04. The van der Waals surface area contributed by atoms with Gasteiger partial charge in [-0.1, -0.05) is 42.5 Å². The molecule has 158 valence electrons. The molecule has 6 nitrogen and oxygen atoms in total. The van der Waals surface area contributed by atoms with Crippen molar-refractivity contribution in [2.75, 3.05) is 26.7 Å². The van der Waals surface area contributed by atoms with Crippen molar-refractivity contribution in [2.24, 2.45) is 0 Å². The van der Waals surface area contributed by atoms with Crippen LogP contribution in [-0.4, -0.2) is 49.5 Å². The Morgan fingerprint density at radius 1 is 1.10 bits per heavy atom. The number of benzene rings is 2. The average molecular weight is 408 g/mol. The van der Waals surface area contributed by atoms with Crippen molar-refractivity contribution in [1.82, 2.24) is 15.5 Å². The van der Waals surface area contributed by atoms with Crippen LogP contribution in [0.25, 0.3) is 6.08 Å². The molecule has 0 spiro atoms. The molecular formula is C24H29N3O3. The smallest absolute Gasteiger partial charge is 0.244 e. The van der Waals surface area contributed by atoms with E-state index in [1.54, 1.807) is 13.2 Å². The first kappa shape index (κ1) is 21.6. The van der Waals surface area contributed by atoms with Gasteiger partial charge in [-0.3, -0.25) is 14.5 Å². The highest BCUT2D eigenvalue weighted by molar-refractivity contribution is 5.94. The van der Waals surface area contributed by atoms with Gasteiger partial charge in [-0.2, -0.15) is 0 Å². The number of likely N-dealkylation sites (tertiary alicyclic amines) is 1. The third-order valence-electron chi connectivity index (χ3n) is 5.14. The number of hydrogen-bond acceptors (Lipinski definition) is 4. The van der Waals surface area contributed by atoms with Gasteiger partial charge in [-0.05, 0) is 42.2 Å². The number of carbonyl (C=O) groups is 2. The lowest BCUT2D eigenvalue weighted by molar-refractivity contribution is -0.124. The number of piperidine rings is 1. The number of methoxy groups -OCH3 is 1. The van der Waals surface area contributed by atoms with Gasteiger partial charge in [0, 0.05) is 31.8 Å². The number of rotatable bonds is 8. The third-order valence-corrected chi connectivity index (χ3v) is 5.14. The largest absolute Gasteiger partial charge is 0.497 e.